The molecule has 0 aromatic heterocycles. The number of fused-ring (bicyclic) bond motifs is 1. The van der Waals surface area contributed by atoms with Crippen LogP contribution < -0.4 is 5.32 Å². The summed E-state index contributed by atoms with van der Waals surface area (Å²) in [6.07, 6.45) is 0. The number of phenolic OH excluding ortho intramolecular Hbond substituents is 1. The molecule has 2 heterocycles. The van der Waals surface area contributed by atoms with Crippen molar-refractivity contribution < 1.29 is 14.7 Å². The summed E-state index contributed by atoms with van der Waals surface area (Å²) in [4.78, 5) is 27.3. The second kappa shape index (κ2) is 4.86. The van der Waals surface area contributed by atoms with E-state index in [1.54, 1.807) is 9.80 Å². The highest BCUT2D eigenvalue weighted by molar-refractivity contribution is 6.31. The molecule has 0 saturated carbocycles. The van der Waals surface area contributed by atoms with Crippen LogP contribution in [0.4, 0.5) is 4.79 Å². The predicted molar refractivity (Wildman–Crippen MR) is 72.9 cm³/mol. The fourth-order valence-electron chi connectivity index (χ4n) is 2.64. The van der Waals surface area contributed by atoms with E-state index in [2.05, 4.69) is 5.32 Å². The minimum absolute atomic E-state index is 0.00141. The molecule has 2 N–H and O–H groups in total. The van der Waals surface area contributed by atoms with Crippen LogP contribution in [0.5, 0.6) is 5.75 Å². The first kappa shape index (κ1) is 13.1. The van der Waals surface area contributed by atoms with Gasteiger partial charge in [-0.15, -0.1) is 0 Å². The Labute approximate surface area is 120 Å². The molecule has 2 aliphatic heterocycles. The van der Waals surface area contributed by atoms with Gasteiger partial charge in [0.2, 0.25) is 0 Å². The maximum atomic E-state index is 12.4. The van der Waals surface area contributed by atoms with Crippen molar-refractivity contribution in [3.05, 3.63) is 28.8 Å². The minimum Gasteiger partial charge on any atom is -0.507 e. The number of urea groups is 1. The van der Waals surface area contributed by atoms with E-state index in [-0.39, 0.29) is 29.3 Å². The monoisotopic (exact) mass is 295 g/mol. The van der Waals surface area contributed by atoms with Gasteiger partial charge in [-0.3, -0.25) is 4.79 Å². The van der Waals surface area contributed by atoms with Gasteiger partial charge in [0.1, 0.15) is 5.75 Å². The zero-order valence-corrected chi connectivity index (χ0v) is 11.4. The first-order chi connectivity index (χ1) is 9.56. The first-order valence-corrected chi connectivity index (χ1v) is 6.76. The smallest absolute Gasteiger partial charge is 0.317 e. The van der Waals surface area contributed by atoms with Gasteiger partial charge in [0, 0.05) is 31.2 Å². The molecular weight excluding hydrogens is 282 g/mol. The Morgan fingerprint density at radius 2 is 2.20 bits per heavy atom. The maximum Gasteiger partial charge on any atom is 0.317 e. The van der Waals surface area contributed by atoms with Crippen molar-refractivity contribution >= 4 is 23.5 Å². The van der Waals surface area contributed by atoms with Crippen molar-refractivity contribution in [2.45, 2.75) is 6.04 Å². The molecular formula is C13H14ClN3O3. The average Bonchev–Trinajstić information content (AvgIpc) is 2.82. The van der Waals surface area contributed by atoms with E-state index in [0.29, 0.717) is 31.2 Å². The molecule has 0 bridgehead atoms. The standard InChI is InChI=1S/C13H14ClN3O3/c14-8-1-2-11(18)10(5-8)12(19)16-3-4-17-9(7-16)6-15-13(17)20/h1-2,5,9,18H,3-4,6-7H2,(H,15,20). The molecule has 0 spiro atoms. The van der Waals surface area contributed by atoms with Gasteiger partial charge >= 0.3 is 6.03 Å². The maximum absolute atomic E-state index is 12.4. The molecule has 20 heavy (non-hydrogen) atoms. The summed E-state index contributed by atoms with van der Waals surface area (Å²) in [6, 6.07) is 4.33. The summed E-state index contributed by atoms with van der Waals surface area (Å²) in [5.74, 6) is -0.341. The topological polar surface area (TPSA) is 72.9 Å². The lowest BCUT2D eigenvalue weighted by Gasteiger charge is -2.36. The Hall–Kier alpha value is -1.95. The van der Waals surface area contributed by atoms with Crippen LogP contribution in [0.25, 0.3) is 0 Å². The number of hydrogen-bond acceptors (Lipinski definition) is 3. The highest BCUT2D eigenvalue weighted by atomic mass is 35.5. The summed E-state index contributed by atoms with van der Waals surface area (Å²) in [6.45, 7) is 1.96. The van der Waals surface area contributed by atoms with Gasteiger partial charge < -0.3 is 20.2 Å². The number of hydrogen-bond donors (Lipinski definition) is 2. The van der Waals surface area contributed by atoms with Crippen molar-refractivity contribution in [1.82, 2.24) is 15.1 Å². The van der Waals surface area contributed by atoms with Crippen LogP contribution >= 0.6 is 11.6 Å². The number of amides is 3. The summed E-state index contributed by atoms with van der Waals surface area (Å²) in [5.41, 5.74) is 0.197. The third-order valence-corrected chi connectivity index (χ3v) is 3.94. The second-order valence-corrected chi connectivity index (χ2v) is 5.38. The van der Waals surface area contributed by atoms with Crippen LogP contribution in [0.15, 0.2) is 18.2 Å². The summed E-state index contributed by atoms with van der Waals surface area (Å²) >= 11 is 5.86. The second-order valence-electron chi connectivity index (χ2n) is 4.95. The molecule has 7 heteroatoms. The molecule has 1 aromatic carbocycles. The molecule has 2 aliphatic rings. The average molecular weight is 296 g/mol. The van der Waals surface area contributed by atoms with Gasteiger partial charge in [-0.05, 0) is 18.2 Å². The Morgan fingerprint density at radius 1 is 1.40 bits per heavy atom. The van der Waals surface area contributed by atoms with Crippen LogP contribution in [0.3, 0.4) is 0 Å². The number of phenols is 1. The SMILES string of the molecule is O=C(c1cc(Cl)ccc1O)N1CCN2C(=O)NCC2C1. The zero-order valence-electron chi connectivity index (χ0n) is 10.7. The Kier molecular flexibility index (Phi) is 3.17. The van der Waals surface area contributed by atoms with Crippen LogP contribution in [0, 0.1) is 0 Å². The van der Waals surface area contributed by atoms with Gasteiger partial charge in [-0.1, -0.05) is 11.6 Å². The van der Waals surface area contributed by atoms with Crippen molar-refractivity contribution in [2.24, 2.45) is 0 Å². The fourth-order valence-corrected chi connectivity index (χ4v) is 2.81. The minimum atomic E-state index is -0.260. The van der Waals surface area contributed by atoms with Crippen LogP contribution in [-0.2, 0) is 0 Å². The van der Waals surface area contributed by atoms with Crippen LogP contribution in [0.1, 0.15) is 10.4 Å². The third-order valence-electron chi connectivity index (χ3n) is 3.71. The van der Waals surface area contributed by atoms with E-state index in [1.807, 2.05) is 0 Å². The quantitative estimate of drug-likeness (QED) is 0.808. The third kappa shape index (κ3) is 2.16. The molecule has 2 saturated heterocycles. The number of nitrogens with one attached hydrogen (secondary N) is 1. The Morgan fingerprint density at radius 3 is 3.00 bits per heavy atom. The molecule has 6 nitrogen and oxygen atoms in total. The number of rotatable bonds is 1. The summed E-state index contributed by atoms with van der Waals surface area (Å²) in [7, 11) is 0. The molecule has 3 amide bonds. The summed E-state index contributed by atoms with van der Waals surface area (Å²) in [5, 5.41) is 12.9. The molecule has 0 radical (unpaired) electrons. The van der Waals surface area contributed by atoms with Gasteiger partial charge in [-0.25, -0.2) is 4.79 Å². The van der Waals surface area contributed by atoms with E-state index in [0.717, 1.165) is 0 Å². The molecule has 2 fully saturated rings. The molecule has 1 atom stereocenters. The normalized spacial score (nSPS) is 21.6. The van der Waals surface area contributed by atoms with Gasteiger partial charge in [-0.2, -0.15) is 0 Å². The van der Waals surface area contributed by atoms with Gasteiger partial charge in [0.25, 0.3) is 5.91 Å². The Bertz CT molecular complexity index is 578. The lowest BCUT2D eigenvalue weighted by atomic mass is 10.1. The number of carbonyl (C=O) groups is 2. The zero-order chi connectivity index (χ0) is 14.3. The lowest BCUT2D eigenvalue weighted by Crippen LogP contribution is -2.53. The highest BCUT2D eigenvalue weighted by Gasteiger charge is 2.37. The van der Waals surface area contributed by atoms with Crippen molar-refractivity contribution in [3.8, 4) is 5.75 Å². The number of aromatic hydroxyl groups is 1. The molecule has 3 rings (SSSR count). The number of benzene rings is 1. The number of piperazine rings is 1. The predicted octanol–water partition coefficient (Wildman–Crippen LogP) is 0.895. The van der Waals surface area contributed by atoms with Crippen molar-refractivity contribution in [3.63, 3.8) is 0 Å². The molecule has 0 aliphatic carbocycles. The highest BCUT2D eigenvalue weighted by Crippen LogP contribution is 2.24. The summed E-state index contributed by atoms with van der Waals surface area (Å²) < 4.78 is 0. The van der Waals surface area contributed by atoms with Gasteiger partial charge in [0.15, 0.2) is 0 Å². The van der Waals surface area contributed by atoms with Crippen molar-refractivity contribution in [2.75, 3.05) is 26.2 Å². The van der Waals surface area contributed by atoms with E-state index < -0.39 is 0 Å². The van der Waals surface area contributed by atoms with Gasteiger partial charge in [0.05, 0.1) is 11.6 Å². The Balaban J connectivity index is 1.78. The van der Waals surface area contributed by atoms with E-state index in [1.165, 1.54) is 18.2 Å². The fraction of sp³-hybridized carbons (Fsp3) is 0.385. The lowest BCUT2D eigenvalue weighted by molar-refractivity contribution is 0.0614. The largest absolute Gasteiger partial charge is 0.507 e. The number of halogens is 1. The molecule has 1 unspecified atom stereocenters. The number of nitrogens with zero attached hydrogens (tertiary/aromatic N) is 2. The van der Waals surface area contributed by atoms with E-state index >= 15 is 0 Å². The van der Waals surface area contributed by atoms with Crippen molar-refractivity contribution in [1.29, 1.82) is 0 Å². The van der Waals surface area contributed by atoms with E-state index in [4.69, 9.17) is 11.6 Å². The van der Waals surface area contributed by atoms with Crippen LogP contribution in [-0.4, -0.2) is 59.1 Å². The van der Waals surface area contributed by atoms with E-state index in [9.17, 15) is 14.7 Å². The molecule has 106 valence electrons. The first-order valence-electron chi connectivity index (χ1n) is 6.38. The van der Waals surface area contributed by atoms with Crippen LogP contribution in [0.2, 0.25) is 5.02 Å². The number of carbonyl (C=O) groups excluding carboxylic acids is 2. The molecule has 1 aromatic rings.